The van der Waals surface area contributed by atoms with Crippen LogP contribution in [0.3, 0.4) is 0 Å². The third-order valence-corrected chi connectivity index (χ3v) is 4.66. The maximum absolute atomic E-state index is 12.4. The van der Waals surface area contributed by atoms with Crippen molar-refractivity contribution in [2.75, 3.05) is 26.6 Å². The van der Waals surface area contributed by atoms with E-state index in [1.807, 2.05) is 48.6 Å². The number of phenols is 1. The number of aromatic hydroxyl groups is 1. The molecule has 0 radical (unpaired) electrons. The van der Waals surface area contributed by atoms with Crippen LogP contribution in [0.15, 0.2) is 66.7 Å². The minimum atomic E-state index is -0.276. The van der Waals surface area contributed by atoms with E-state index in [9.17, 15) is 9.90 Å². The summed E-state index contributed by atoms with van der Waals surface area (Å²) >= 11 is 0. The number of benzene rings is 3. The highest BCUT2D eigenvalue weighted by Crippen LogP contribution is 2.38. The molecule has 3 aromatic carbocycles. The Labute approximate surface area is 187 Å². The first-order valence-corrected chi connectivity index (χ1v) is 9.89. The molecule has 3 aromatic rings. The molecule has 0 aliphatic carbocycles. The highest BCUT2D eigenvalue weighted by atomic mass is 16.5. The molecule has 1 amide bonds. The summed E-state index contributed by atoms with van der Waals surface area (Å²) < 4.78 is 16.2. The lowest BCUT2D eigenvalue weighted by Gasteiger charge is -2.13. The molecule has 0 spiro atoms. The van der Waals surface area contributed by atoms with Gasteiger partial charge in [0, 0.05) is 11.8 Å². The largest absolute Gasteiger partial charge is 0.508 e. The topological polar surface area (TPSA) is 77.0 Å². The Morgan fingerprint density at radius 2 is 1.53 bits per heavy atom. The SMILES string of the molecule is COc1cc(/C=C/c2ccccc2NC(=O)/C=C/c2cccc(O)c2)cc(OC)c1OC. The van der Waals surface area contributed by atoms with Gasteiger partial charge in [-0.15, -0.1) is 0 Å². The number of anilines is 1. The third-order valence-electron chi connectivity index (χ3n) is 4.66. The molecular formula is C26H25NO5. The fourth-order valence-corrected chi connectivity index (χ4v) is 3.11. The second-order valence-corrected chi connectivity index (χ2v) is 6.80. The summed E-state index contributed by atoms with van der Waals surface area (Å²) in [5.74, 6) is 1.52. The number of amides is 1. The van der Waals surface area contributed by atoms with Gasteiger partial charge in [0.1, 0.15) is 5.75 Å². The smallest absolute Gasteiger partial charge is 0.248 e. The molecule has 2 N–H and O–H groups in total. The minimum Gasteiger partial charge on any atom is -0.508 e. The Balaban J connectivity index is 1.79. The van der Waals surface area contributed by atoms with Gasteiger partial charge in [0.2, 0.25) is 11.7 Å². The monoisotopic (exact) mass is 431 g/mol. The predicted molar refractivity (Wildman–Crippen MR) is 127 cm³/mol. The van der Waals surface area contributed by atoms with Gasteiger partial charge >= 0.3 is 0 Å². The lowest BCUT2D eigenvalue weighted by atomic mass is 10.1. The number of hydrogen-bond donors (Lipinski definition) is 2. The van der Waals surface area contributed by atoms with Gasteiger partial charge in [0.25, 0.3) is 0 Å². The fourth-order valence-electron chi connectivity index (χ4n) is 3.11. The van der Waals surface area contributed by atoms with Crippen LogP contribution in [0, 0.1) is 0 Å². The number of ether oxygens (including phenoxy) is 3. The van der Waals surface area contributed by atoms with Crippen molar-refractivity contribution in [2.45, 2.75) is 0 Å². The molecular weight excluding hydrogens is 406 g/mol. The van der Waals surface area contributed by atoms with Crippen molar-refractivity contribution in [3.8, 4) is 23.0 Å². The normalized spacial score (nSPS) is 11.0. The maximum atomic E-state index is 12.4. The standard InChI is InChI=1S/C26H25NO5/c1-30-23-16-19(17-24(31-2)26(23)32-3)11-13-20-8-4-5-10-22(20)27-25(29)14-12-18-7-6-9-21(28)15-18/h4-17,28H,1-3H3,(H,27,29)/b13-11+,14-12+. The van der Waals surface area contributed by atoms with Gasteiger partial charge in [0.05, 0.1) is 21.3 Å². The van der Waals surface area contributed by atoms with E-state index in [4.69, 9.17) is 14.2 Å². The summed E-state index contributed by atoms with van der Waals surface area (Å²) in [6.07, 6.45) is 6.87. The third kappa shape index (κ3) is 5.70. The number of para-hydroxylation sites is 1. The molecule has 6 nitrogen and oxygen atoms in total. The molecule has 0 aliphatic heterocycles. The summed E-state index contributed by atoms with van der Waals surface area (Å²) in [5.41, 5.74) is 3.09. The highest BCUT2D eigenvalue weighted by Gasteiger charge is 2.12. The lowest BCUT2D eigenvalue weighted by molar-refractivity contribution is -0.111. The molecule has 3 rings (SSSR count). The van der Waals surface area contributed by atoms with Crippen molar-refractivity contribution in [3.63, 3.8) is 0 Å². The number of carbonyl (C=O) groups excluding carboxylic acids is 1. The Bertz CT molecular complexity index is 1130. The van der Waals surface area contributed by atoms with Gasteiger partial charge in [-0.3, -0.25) is 4.79 Å². The van der Waals surface area contributed by atoms with Crippen molar-refractivity contribution in [1.29, 1.82) is 0 Å². The van der Waals surface area contributed by atoms with Crippen LogP contribution in [0.25, 0.3) is 18.2 Å². The summed E-state index contributed by atoms with van der Waals surface area (Å²) in [7, 11) is 4.70. The first-order valence-electron chi connectivity index (χ1n) is 9.89. The first-order chi connectivity index (χ1) is 15.5. The lowest BCUT2D eigenvalue weighted by Crippen LogP contribution is -2.08. The average Bonchev–Trinajstić information content (AvgIpc) is 2.81. The predicted octanol–water partition coefficient (Wildman–Crippen LogP) is 5.24. The van der Waals surface area contributed by atoms with E-state index >= 15 is 0 Å². The quantitative estimate of drug-likeness (QED) is 0.377. The number of phenolic OH excluding ortho intramolecular Hbond substituents is 1. The van der Waals surface area contributed by atoms with Gasteiger partial charge in [0.15, 0.2) is 11.5 Å². The van der Waals surface area contributed by atoms with Crippen molar-refractivity contribution >= 4 is 29.8 Å². The molecule has 32 heavy (non-hydrogen) atoms. The van der Waals surface area contributed by atoms with Crippen LogP contribution >= 0.6 is 0 Å². The minimum absolute atomic E-state index is 0.148. The average molecular weight is 431 g/mol. The number of carbonyl (C=O) groups is 1. The Morgan fingerprint density at radius 1 is 0.812 bits per heavy atom. The van der Waals surface area contributed by atoms with Crippen LogP contribution in [0.4, 0.5) is 5.69 Å². The van der Waals surface area contributed by atoms with E-state index in [0.29, 0.717) is 22.9 Å². The van der Waals surface area contributed by atoms with Gasteiger partial charge in [-0.1, -0.05) is 42.5 Å². The molecule has 0 aromatic heterocycles. The molecule has 0 unspecified atom stereocenters. The van der Waals surface area contributed by atoms with Crippen molar-refractivity contribution in [3.05, 3.63) is 83.4 Å². The van der Waals surface area contributed by atoms with Gasteiger partial charge in [-0.05, 0) is 53.1 Å². The number of rotatable bonds is 8. The van der Waals surface area contributed by atoms with E-state index < -0.39 is 0 Å². The zero-order valence-corrected chi connectivity index (χ0v) is 18.2. The van der Waals surface area contributed by atoms with Crippen LogP contribution in [-0.4, -0.2) is 32.3 Å². The molecule has 0 bridgehead atoms. The van der Waals surface area contributed by atoms with E-state index in [0.717, 1.165) is 16.7 Å². The van der Waals surface area contributed by atoms with Crippen molar-refractivity contribution < 1.29 is 24.1 Å². The van der Waals surface area contributed by atoms with Crippen molar-refractivity contribution in [1.82, 2.24) is 0 Å². The van der Waals surface area contributed by atoms with Crippen LogP contribution in [0.5, 0.6) is 23.0 Å². The molecule has 0 saturated carbocycles. The van der Waals surface area contributed by atoms with Crippen molar-refractivity contribution in [2.24, 2.45) is 0 Å². The fraction of sp³-hybridized carbons (Fsp3) is 0.115. The Kier molecular flexibility index (Phi) is 7.54. The Hall–Kier alpha value is -4.19. The second-order valence-electron chi connectivity index (χ2n) is 6.80. The summed E-state index contributed by atoms with van der Waals surface area (Å²) in [6, 6.07) is 17.9. The van der Waals surface area contributed by atoms with Gasteiger partial charge < -0.3 is 24.6 Å². The zero-order chi connectivity index (χ0) is 22.9. The molecule has 0 atom stereocenters. The van der Waals surface area contributed by atoms with E-state index in [1.165, 1.54) is 6.08 Å². The van der Waals surface area contributed by atoms with Crippen LogP contribution in [0.1, 0.15) is 16.7 Å². The van der Waals surface area contributed by atoms with E-state index in [1.54, 1.807) is 51.7 Å². The molecule has 0 saturated heterocycles. The first kappa shape index (κ1) is 22.5. The molecule has 0 aliphatic rings. The zero-order valence-electron chi connectivity index (χ0n) is 18.2. The highest BCUT2D eigenvalue weighted by molar-refractivity contribution is 6.03. The molecule has 0 heterocycles. The van der Waals surface area contributed by atoms with E-state index in [-0.39, 0.29) is 11.7 Å². The number of hydrogen-bond acceptors (Lipinski definition) is 5. The Morgan fingerprint density at radius 3 is 2.19 bits per heavy atom. The molecule has 6 heteroatoms. The summed E-state index contributed by atoms with van der Waals surface area (Å²) in [5, 5.41) is 12.4. The number of methoxy groups -OCH3 is 3. The van der Waals surface area contributed by atoms with Gasteiger partial charge in [-0.25, -0.2) is 0 Å². The van der Waals surface area contributed by atoms with Crippen LogP contribution in [-0.2, 0) is 4.79 Å². The second kappa shape index (κ2) is 10.7. The van der Waals surface area contributed by atoms with E-state index in [2.05, 4.69) is 5.32 Å². The maximum Gasteiger partial charge on any atom is 0.248 e. The summed E-state index contributed by atoms with van der Waals surface area (Å²) in [4.78, 5) is 12.4. The number of nitrogens with one attached hydrogen (secondary N) is 1. The van der Waals surface area contributed by atoms with Gasteiger partial charge in [-0.2, -0.15) is 0 Å². The van der Waals surface area contributed by atoms with Crippen LogP contribution < -0.4 is 19.5 Å². The summed E-state index contributed by atoms with van der Waals surface area (Å²) in [6.45, 7) is 0. The molecule has 0 fully saturated rings. The van der Waals surface area contributed by atoms with Crippen LogP contribution in [0.2, 0.25) is 0 Å². The molecule has 164 valence electrons.